The fraction of sp³-hybridized carbons (Fsp3) is 0.778. The average molecular weight is 199 g/mol. The highest BCUT2D eigenvalue weighted by Crippen LogP contribution is 2.10. The van der Waals surface area contributed by atoms with E-state index in [1.54, 1.807) is 7.11 Å². The number of methoxy groups -OCH3 is 1. The van der Waals surface area contributed by atoms with Crippen molar-refractivity contribution in [3.8, 4) is 0 Å². The van der Waals surface area contributed by atoms with E-state index >= 15 is 0 Å². The summed E-state index contributed by atoms with van der Waals surface area (Å²) < 4.78 is 10.3. The largest absolute Gasteiger partial charge is 0.421 e. The fourth-order valence-electron chi connectivity index (χ4n) is 1.07. The molecule has 1 aromatic heterocycles. The van der Waals surface area contributed by atoms with Gasteiger partial charge in [-0.2, -0.15) is 0 Å². The predicted molar refractivity (Wildman–Crippen MR) is 51.7 cm³/mol. The molecule has 1 aromatic rings. The van der Waals surface area contributed by atoms with E-state index in [0.717, 1.165) is 13.0 Å². The van der Waals surface area contributed by atoms with Crippen LogP contribution < -0.4 is 5.32 Å². The highest BCUT2D eigenvalue weighted by Gasteiger charge is 2.12. The second-order valence-electron chi connectivity index (χ2n) is 3.14. The molecule has 1 unspecified atom stereocenters. The van der Waals surface area contributed by atoms with E-state index in [1.165, 1.54) is 0 Å². The summed E-state index contributed by atoms with van der Waals surface area (Å²) in [4.78, 5) is 0. The van der Waals surface area contributed by atoms with Crippen LogP contribution in [-0.2, 0) is 11.3 Å². The van der Waals surface area contributed by atoms with Gasteiger partial charge >= 0.3 is 0 Å². The molecule has 0 saturated heterocycles. The van der Waals surface area contributed by atoms with Gasteiger partial charge < -0.3 is 14.5 Å². The summed E-state index contributed by atoms with van der Waals surface area (Å²) in [5.74, 6) is 1.14. The SMILES string of the molecule is CCCNC(C)c1nnc(COC)o1. The molecule has 5 heteroatoms. The number of ether oxygens (including phenoxy) is 1. The maximum atomic E-state index is 5.37. The molecule has 0 aliphatic carbocycles. The van der Waals surface area contributed by atoms with E-state index in [4.69, 9.17) is 9.15 Å². The zero-order valence-electron chi connectivity index (χ0n) is 8.91. The number of nitrogens with one attached hydrogen (secondary N) is 1. The standard InChI is InChI=1S/C9H17N3O2/c1-4-5-10-7(2)9-12-11-8(14-9)6-13-3/h7,10H,4-6H2,1-3H3. The quantitative estimate of drug-likeness (QED) is 0.747. The van der Waals surface area contributed by atoms with Gasteiger partial charge in [0.05, 0.1) is 6.04 Å². The van der Waals surface area contributed by atoms with Gasteiger partial charge in [0, 0.05) is 7.11 Å². The van der Waals surface area contributed by atoms with E-state index in [0.29, 0.717) is 18.4 Å². The Kier molecular flexibility index (Phi) is 4.55. The van der Waals surface area contributed by atoms with Crippen molar-refractivity contribution in [1.82, 2.24) is 15.5 Å². The minimum Gasteiger partial charge on any atom is -0.421 e. The van der Waals surface area contributed by atoms with Gasteiger partial charge in [-0.25, -0.2) is 0 Å². The van der Waals surface area contributed by atoms with E-state index < -0.39 is 0 Å². The summed E-state index contributed by atoms with van der Waals surface area (Å²) in [5, 5.41) is 11.0. The van der Waals surface area contributed by atoms with Crippen LogP contribution in [0.25, 0.3) is 0 Å². The molecule has 5 nitrogen and oxygen atoms in total. The maximum Gasteiger partial charge on any atom is 0.242 e. The molecule has 1 N–H and O–H groups in total. The smallest absolute Gasteiger partial charge is 0.242 e. The monoisotopic (exact) mass is 199 g/mol. The Bertz CT molecular complexity index is 262. The Hall–Kier alpha value is -0.940. The van der Waals surface area contributed by atoms with Crippen LogP contribution in [0.3, 0.4) is 0 Å². The third kappa shape index (κ3) is 3.08. The van der Waals surface area contributed by atoms with Crippen molar-refractivity contribution in [2.75, 3.05) is 13.7 Å². The summed E-state index contributed by atoms with van der Waals surface area (Å²) in [5.41, 5.74) is 0. The fourth-order valence-corrected chi connectivity index (χ4v) is 1.07. The lowest BCUT2D eigenvalue weighted by Crippen LogP contribution is -2.19. The van der Waals surface area contributed by atoms with Crippen molar-refractivity contribution in [1.29, 1.82) is 0 Å². The van der Waals surface area contributed by atoms with Crippen LogP contribution in [0.4, 0.5) is 0 Å². The summed E-state index contributed by atoms with van der Waals surface area (Å²) in [7, 11) is 1.60. The maximum absolute atomic E-state index is 5.37. The summed E-state index contributed by atoms with van der Waals surface area (Å²) in [6.07, 6.45) is 1.09. The molecule has 0 fully saturated rings. The number of rotatable bonds is 6. The summed E-state index contributed by atoms with van der Waals surface area (Å²) in [6, 6.07) is 0.105. The lowest BCUT2D eigenvalue weighted by atomic mass is 10.3. The van der Waals surface area contributed by atoms with E-state index in [9.17, 15) is 0 Å². The van der Waals surface area contributed by atoms with Crippen LogP contribution >= 0.6 is 0 Å². The molecular weight excluding hydrogens is 182 g/mol. The third-order valence-corrected chi connectivity index (χ3v) is 1.82. The van der Waals surface area contributed by atoms with Crippen molar-refractivity contribution in [3.63, 3.8) is 0 Å². The first-order valence-electron chi connectivity index (χ1n) is 4.82. The van der Waals surface area contributed by atoms with Crippen LogP contribution in [0.2, 0.25) is 0 Å². The third-order valence-electron chi connectivity index (χ3n) is 1.82. The van der Waals surface area contributed by atoms with Crippen LogP contribution in [0.15, 0.2) is 4.42 Å². The number of nitrogens with zero attached hydrogens (tertiary/aromatic N) is 2. The molecule has 0 saturated carbocycles. The highest BCUT2D eigenvalue weighted by molar-refractivity contribution is 4.87. The molecule has 1 atom stereocenters. The van der Waals surface area contributed by atoms with Gasteiger partial charge in [-0.15, -0.1) is 10.2 Å². The molecule has 1 rings (SSSR count). The minimum absolute atomic E-state index is 0.105. The van der Waals surface area contributed by atoms with Gasteiger partial charge in [-0.3, -0.25) is 0 Å². The lowest BCUT2D eigenvalue weighted by molar-refractivity contribution is 0.157. The number of hydrogen-bond donors (Lipinski definition) is 1. The normalized spacial score (nSPS) is 13.1. The molecule has 1 heterocycles. The average Bonchev–Trinajstić information content (AvgIpc) is 2.63. The van der Waals surface area contributed by atoms with Gasteiger partial charge in [0.2, 0.25) is 11.8 Å². The number of hydrogen-bond acceptors (Lipinski definition) is 5. The molecule has 0 bridgehead atoms. The zero-order valence-corrected chi connectivity index (χ0v) is 8.91. The molecular formula is C9H17N3O2. The van der Waals surface area contributed by atoms with Crippen molar-refractivity contribution >= 4 is 0 Å². The molecule has 0 aromatic carbocycles. The van der Waals surface area contributed by atoms with E-state index in [1.807, 2.05) is 6.92 Å². The molecule has 14 heavy (non-hydrogen) atoms. The second-order valence-corrected chi connectivity index (χ2v) is 3.14. The van der Waals surface area contributed by atoms with E-state index in [2.05, 4.69) is 22.4 Å². The molecule has 0 amide bonds. The van der Waals surface area contributed by atoms with Gasteiger partial charge in [-0.1, -0.05) is 6.92 Å². The summed E-state index contributed by atoms with van der Waals surface area (Å²) >= 11 is 0. The van der Waals surface area contributed by atoms with E-state index in [-0.39, 0.29) is 6.04 Å². The predicted octanol–water partition coefficient (Wildman–Crippen LogP) is 1.28. The second kappa shape index (κ2) is 5.72. The van der Waals surface area contributed by atoms with Crippen molar-refractivity contribution < 1.29 is 9.15 Å². The molecule has 0 spiro atoms. The molecule has 0 aliphatic rings. The first-order chi connectivity index (χ1) is 6.77. The number of aromatic nitrogens is 2. The van der Waals surface area contributed by atoms with Crippen LogP contribution in [0.1, 0.15) is 38.1 Å². The van der Waals surface area contributed by atoms with Gasteiger partial charge in [-0.05, 0) is 19.9 Å². The molecule has 0 aliphatic heterocycles. The van der Waals surface area contributed by atoms with Crippen molar-refractivity contribution in [3.05, 3.63) is 11.8 Å². The van der Waals surface area contributed by atoms with Gasteiger partial charge in [0.1, 0.15) is 6.61 Å². The Balaban J connectivity index is 2.48. The van der Waals surface area contributed by atoms with Crippen LogP contribution in [-0.4, -0.2) is 23.9 Å². The van der Waals surface area contributed by atoms with Gasteiger partial charge in [0.15, 0.2) is 0 Å². The first-order valence-corrected chi connectivity index (χ1v) is 4.82. The molecule has 0 radical (unpaired) electrons. The summed E-state index contributed by atoms with van der Waals surface area (Å²) in [6.45, 7) is 5.43. The van der Waals surface area contributed by atoms with Gasteiger partial charge in [0.25, 0.3) is 0 Å². The van der Waals surface area contributed by atoms with Crippen LogP contribution in [0, 0.1) is 0 Å². The first kappa shape index (κ1) is 11.1. The van der Waals surface area contributed by atoms with Crippen molar-refractivity contribution in [2.45, 2.75) is 32.9 Å². The highest BCUT2D eigenvalue weighted by atomic mass is 16.5. The topological polar surface area (TPSA) is 60.2 Å². The lowest BCUT2D eigenvalue weighted by Gasteiger charge is -2.07. The minimum atomic E-state index is 0.105. The Morgan fingerprint density at radius 3 is 2.93 bits per heavy atom. The molecule has 80 valence electrons. The van der Waals surface area contributed by atoms with Crippen LogP contribution in [0.5, 0.6) is 0 Å². The zero-order chi connectivity index (χ0) is 10.4. The Labute approximate surface area is 83.9 Å². The Morgan fingerprint density at radius 2 is 2.29 bits per heavy atom. The van der Waals surface area contributed by atoms with Crippen molar-refractivity contribution in [2.24, 2.45) is 0 Å². The Morgan fingerprint density at radius 1 is 1.50 bits per heavy atom.